The van der Waals surface area contributed by atoms with Gasteiger partial charge in [0.25, 0.3) is 11.1 Å². The average Bonchev–Trinajstić information content (AvgIpc) is 3.21. The minimum absolute atomic E-state index is 0.182. The molecule has 2 amide bonds. The van der Waals surface area contributed by atoms with E-state index in [0.717, 1.165) is 28.6 Å². The van der Waals surface area contributed by atoms with Gasteiger partial charge in [-0.15, -0.1) is 11.3 Å². The van der Waals surface area contributed by atoms with Gasteiger partial charge in [0.2, 0.25) is 0 Å². The molecule has 1 aromatic heterocycles. The SMILES string of the molecule is Cc1ccc(/C=C2\SC(=O)N(CCN=CC(C#N)c3nc(C)cs3)C2=O)cc1. The van der Waals surface area contributed by atoms with Crippen LogP contribution in [-0.4, -0.2) is 40.3 Å². The molecule has 2 heterocycles. The second-order valence-electron chi connectivity index (χ2n) is 6.23. The van der Waals surface area contributed by atoms with Gasteiger partial charge in [-0.25, -0.2) is 4.98 Å². The minimum Gasteiger partial charge on any atom is -0.294 e. The maximum Gasteiger partial charge on any atom is 0.293 e. The van der Waals surface area contributed by atoms with Gasteiger partial charge < -0.3 is 0 Å². The predicted octanol–water partition coefficient (Wildman–Crippen LogP) is 4.17. The monoisotopic (exact) mass is 410 g/mol. The smallest absolute Gasteiger partial charge is 0.293 e. The molecule has 1 atom stereocenters. The highest BCUT2D eigenvalue weighted by Crippen LogP contribution is 2.32. The fraction of sp³-hybridized carbons (Fsp3) is 0.250. The molecule has 2 aromatic rings. The van der Waals surface area contributed by atoms with E-state index >= 15 is 0 Å². The summed E-state index contributed by atoms with van der Waals surface area (Å²) in [5.41, 5.74) is 2.88. The highest BCUT2D eigenvalue weighted by atomic mass is 32.2. The molecular weight excluding hydrogens is 392 g/mol. The van der Waals surface area contributed by atoms with Crippen LogP contribution in [-0.2, 0) is 4.79 Å². The second kappa shape index (κ2) is 8.95. The lowest BCUT2D eigenvalue weighted by atomic mass is 10.1. The van der Waals surface area contributed by atoms with Gasteiger partial charge in [0.05, 0.1) is 17.5 Å². The van der Waals surface area contributed by atoms with Crippen LogP contribution in [0.15, 0.2) is 39.5 Å². The van der Waals surface area contributed by atoms with Crippen molar-refractivity contribution in [2.45, 2.75) is 19.8 Å². The summed E-state index contributed by atoms with van der Waals surface area (Å²) in [6.07, 6.45) is 3.25. The van der Waals surface area contributed by atoms with Gasteiger partial charge in [-0.3, -0.25) is 19.5 Å². The summed E-state index contributed by atoms with van der Waals surface area (Å²) in [5, 5.41) is 11.5. The van der Waals surface area contributed by atoms with Crippen molar-refractivity contribution in [2.75, 3.05) is 13.1 Å². The van der Waals surface area contributed by atoms with Gasteiger partial charge in [0.15, 0.2) is 0 Å². The molecule has 1 aromatic carbocycles. The highest BCUT2D eigenvalue weighted by molar-refractivity contribution is 8.18. The van der Waals surface area contributed by atoms with Crippen molar-refractivity contribution in [3.8, 4) is 6.07 Å². The van der Waals surface area contributed by atoms with E-state index in [0.29, 0.717) is 9.91 Å². The number of rotatable bonds is 6. The Balaban J connectivity index is 1.60. The Labute approximate surface area is 171 Å². The van der Waals surface area contributed by atoms with E-state index in [1.54, 1.807) is 6.08 Å². The van der Waals surface area contributed by atoms with E-state index in [-0.39, 0.29) is 24.2 Å². The number of thioether (sulfide) groups is 1. The fourth-order valence-electron chi connectivity index (χ4n) is 2.51. The Hall–Kier alpha value is -2.76. The number of benzene rings is 1. The molecule has 0 N–H and O–H groups in total. The largest absolute Gasteiger partial charge is 0.294 e. The zero-order valence-corrected chi connectivity index (χ0v) is 17.1. The Morgan fingerprint density at radius 1 is 1.29 bits per heavy atom. The molecule has 1 unspecified atom stereocenters. The van der Waals surface area contributed by atoms with E-state index in [1.165, 1.54) is 22.5 Å². The van der Waals surface area contributed by atoms with Gasteiger partial charge in [0.1, 0.15) is 10.9 Å². The lowest BCUT2D eigenvalue weighted by Crippen LogP contribution is -2.30. The van der Waals surface area contributed by atoms with Gasteiger partial charge in [0, 0.05) is 23.8 Å². The van der Waals surface area contributed by atoms with Crippen molar-refractivity contribution >= 4 is 46.5 Å². The van der Waals surface area contributed by atoms with Crippen LogP contribution >= 0.6 is 23.1 Å². The maximum absolute atomic E-state index is 12.5. The van der Waals surface area contributed by atoms with Crippen LogP contribution in [0, 0.1) is 25.2 Å². The molecule has 1 aliphatic rings. The van der Waals surface area contributed by atoms with E-state index in [4.69, 9.17) is 0 Å². The molecule has 8 heteroatoms. The van der Waals surface area contributed by atoms with Crippen molar-refractivity contribution < 1.29 is 9.59 Å². The summed E-state index contributed by atoms with van der Waals surface area (Å²) in [7, 11) is 0. The molecule has 1 saturated heterocycles. The summed E-state index contributed by atoms with van der Waals surface area (Å²) >= 11 is 2.35. The Morgan fingerprint density at radius 3 is 2.68 bits per heavy atom. The number of nitriles is 1. The first-order valence-corrected chi connectivity index (χ1v) is 10.3. The molecule has 1 fully saturated rings. The Kier molecular flexibility index (Phi) is 6.39. The molecule has 1 aliphatic heterocycles. The molecule has 0 radical (unpaired) electrons. The topological polar surface area (TPSA) is 86.4 Å². The van der Waals surface area contributed by atoms with Crippen molar-refractivity contribution in [2.24, 2.45) is 4.99 Å². The first kappa shape index (κ1) is 20.0. The molecule has 3 rings (SSSR count). The number of aliphatic imine (C=N–C) groups is 1. The first-order chi connectivity index (χ1) is 13.5. The van der Waals surface area contributed by atoms with Crippen LogP contribution in [0.3, 0.4) is 0 Å². The van der Waals surface area contributed by atoms with Crippen molar-refractivity contribution in [1.29, 1.82) is 5.26 Å². The fourth-order valence-corrected chi connectivity index (χ4v) is 4.18. The summed E-state index contributed by atoms with van der Waals surface area (Å²) in [5.74, 6) is -0.826. The van der Waals surface area contributed by atoms with Crippen molar-refractivity contribution in [3.63, 3.8) is 0 Å². The third-order valence-electron chi connectivity index (χ3n) is 4.00. The third kappa shape index (κ3) is 4.74. The molecule has 0 spiro atoms. The van der Waals surface area contributed by atoms with Gasteiger partial charge >= 0.3 is 0 Å². The summed E-state index contributed by atoms with van der Waals surface area (Å²) < 4.78 is 0. The number of carbonyl (C=O) groups excluding carboxylic acids is 2. The van der Waals surface area contributed by atoms with Crippen LogP contribution in [0.4, 0.5) is 4.79 Å². The Morgan fingerprint density at radius 2 is 2.04 bits per heavy atom. The summed E-state index contributed by atoms with van der Waals surface area (Å²) in [6.45, 7) is 4.29. The van der Waals surface area contributed by atoms with E-state index in [2.05, 4.69) is 16.0 Å². The van der Waals surface area contributed by atoms with Crippen molar-refractivity contribution in [1.82, 2.24) is 9.88 Å². The third-order valence-corrected chi connectivity index (χ3v) is 5.95. The number of imide groups is 1. The van der Waals surface area contributed by atoms with Gasteiger partial charge in [-0.1, -0.05) is 29.8 Å². The first-order valence-electron chi connectivity index (χ1n) is 8.61. The number of aromatic nitrogens is 1. The summed E-state index contributed by atoms with van der Waals surface area (Å²) in [6, 6.07) is 9.90. The lowest BCUT2D eigenvalue weighted by Gasteiger charge is -2.10. The normalized spacial score (nSPS) is 16.9. The van der Waals surface area contributed by atoms with Crippen LogP contribution in [0.5, 0.6) is 0 Å². The lowest BCUT2D eigenvalue weighted by molar-refractivity contribution is -0.122. The number of hydrogen-bond donors (Lipinski definition) is 0. The molecule has 0 aliphatic carbocycles. The standard InChI is InChI=1S/C20H18N4O2S2/c1-13-3-5-15(6-4-13)9-17-19(25)24(20(26)28-17)8-7-22-11-16(10-21)18-23-14(2)12-27-18/h3-6,9,11-12,16H,7-8H2,1-2H3/b17-9-,22-11?. The molecular formula is C20H18N4O2S2. The van der Waals surface area contributed by atoms with Crippen LogP contribution in [0.25, 0.3) is 6.08 Å². The zero-order chi connectivity index (χ0) is 20.1. The van der Waals surface area contributed by atoms with Crippen LogP contribution in [0.1, 0.15) is 27.7 Å². The quantitative estimate of drug-likeness (QED) is 0.527. The van der Waals surface area contributed by atoms with E-state index in [1.807, 2.05) is 43.5 Å². The molecule has 0 bridgehead atoms. The van der Waals surface area contributed by atoms with Crippen molar-refractivity contribution in [3.05, 3.63) is 56.4 Å². The number of carbonyl (C=O) groups is 2. The number of aryl methyl sites for hydroxylation is 2. The van der Waals surface area contributed by atoms with Gasteiger partial charge in [-0.05, 0) is 37.2 Å². The molecule has 6 nitrogen and oxygen atoms in total. The number of amides is 2. The number of hydrogen-bond acceptors (Lipinski definition) is 7. The molecule has 0 saturated carbocycles. The zero-order valence-electron chi connectivity index (χ0n) is 15.5. The summed E-state index contributed by atoms with van der Waals surface area (Å²) in [4.78, 5) is 34.8. The minimum atomic E-state index is -0.518. The molecule has 28 heavy (non-hydrogen) atoms. The van der Waals surface area contributed by atoms with Crippen LogP contribution < -0.4 is 0 Å². The van der Waals surface area contributed by atoms with E-state index < -0.39 is 5.92 Å². The maximum atomic E-state index is 12.5. The number of thiazole rings is 1. The number of nitrogens with zero attached hydrogens (tertiary/aromatic N) is 4. The van der Waals surface area contributed by atoms with E-state index in [9.17, 15) is 14.9 Å². The molecule has 142 valence electrons. The second-order valence-corrected chi connectivity index (χ2v) is 8.12. The average molecular weight is 411 g/mol. The van der Waals surface area contributed by atoms with Gasteiger partial charge in [-0.2, -0.15) is 5.26 Å². The Bertz CT molecular complexity index is 986. The predicted molar refractivity (Wildman–Crippen MR) is 112 cm³/mol. The highest BCUT2D eigenvalue weighted by Gasteiger charge is 2.34. The van der Waals surface area contributed by atoms with Crippen LogP contribution in [0.2, 0.25) is 0 Å².